The lowest BCUT2D eigenvalue weighted by atomic mass is 9.81. The first-order chi connectivity index (χ1) is 8.88. The summed E-state index contributed by atoms with van der Waals surface area (Å²) >= 11 is 3.42. The number of rotatable bonds is 2. The van der Waals surface area contributed by atoms with E-state index in [9.17, 15) is 9.90 Å². The first-order valence-corrected chi connectivity index (χ1v) is 7.38. The molecule has 1 aliphatic heterocycles. The van der Waals surface area contributed by atoms with Crippen LogP contribution in [-0.2, 0) is 11.2 Å². The molecule has 0 saturated carbocycles. The Kier molecular flexibility index (Phi) is 4.31. The van der Waals surface area contributed by atoms with Crippen LogP contribution in [0.4, 0.5) is 0 Å². The molecule has 1 aromatic carbocycles. The third-order valence-corrected chi connectivity index (χ3v) is 4.26. The van der Waals surface area contributed by atoms with Crippen molar-refractivity contribution in [1.82, 2.24) is 4.90 Å². The number of hydrogen-bond acceptors (Lipinski definition) is 2. The minimum Gasteiger partial charge on any atom is -0.392 e. The van der Waals surface area contributed by atoms with Gasteiger partial charge in [0.05, 0.1) is 12.5 Å². The molecule has 1 N–H and O–H groups in total. The predicted octanol–water partition coefficient (Wildman–Crippen LogP) is 2.61. The largest absolute Gasteiger partial charge is 0.392 e. The number of benzene rings is 1. The number of carbonyl (C=O) groups excluding carboxylic acids is 1. The van der Waals surface area contributed by atoms with Crippen LogP contribution in [0.5, 0.6) is 0 Å². The highest BCUT2D eigenvalue weighted by atomic mass is 79.9. The Bertz CT molecular complexity index is 473. The summed E-state index contributed by atoms with van der Waals surface area (Å²) in [5, 5.41) is 9.92. The fraction of sp³-hybridized carbons (Fsp3) is 0.533. The van der Waals surface area contributed by atoms with Gasteiger partial charge in [-0.25, -0.2) is 0 Å². The summed E-state index contributed by atoms with van der Waals surface area (Å²) in [4.78, 5) is 14.2. The van der Waals surface area contributed by atoms with Crippen LogP contribution in [0.3, 0.4) is 0 Å². The third kappa shape index (κ3) is 3.57. The lowest BCUT2D eigenvalue weighted by Crippen LogP contribution is -2.51. The maximum atomic E-state index is 12.3. The SMILES string of the molecule is CC1(C)CN(C(=O)Cc2cccc(Br)c2)CCC1O. The number of amides is 1. The van der Waals surface area contributed by atoms with E-state index in [-0.39, 0.29) is 17.4 Å². The van der Waals surface area contributed by atoms with Crippen molar-refractivity contribution < 1.29 is 9.90 Å². The average Bonchev–Trinajstić information content (AvgIpc) is 2.32. The Morgan fingerprint density at radius 2 is 2.26 bits per heavy atom. The van der Waals surface area contributed by atoms with E-state index in [2.05, 4.69) is 15.9 Å². The summed E-state index contributed by atoms with van der Waals surface area (Å²) < 4.78 is 0.993. The molecule has 19 heavy (non-hydrogen) atoms. The van der Waals surface area contributed by atoms with Crippen LogP contribution < -0.4 is 0 Å². The second-order valence-corrected chi connectivity index (χ2v) is 6.83. The number of piperidine rings is 1. The third-order valence-electron chi connectivity index (χ3n) is 3.77. The zero-order valence-electron chi connectivity index (χ0n) is 11.4. The number of carbonyl (C=O) groups is 1. The standard InChI is InChI=1S/C15H20BrNO2/c1-15(2)10-17(7-6-13(15)18)14(19)9-11-4-3-5-12(16)8-11/h3-5,8,13,18H,6-7,9-10H2,1-2H3. The van der Waals surface area contributed by atoms with Gasteiger partial charge in [0.15, 0.2) is 0 Å². The second-order valence-electron chi connectivity index (χ2n) is 5.92. The molecule has 1 aromatic rings. The van der Waals surface area contributed by atoms with E-state index in [0.717, 1.165) is 10.0 Å². The van der Waals surface area contributed by atoms with Crippen LogP contribution in [0, 0.1) is 5.41 Å². The first-order valence-electron chi connectivity index (χ1n) is 6.59. The number of likely N-dealkylation sites (tertiary alicyclic amines) is 1. The molecule has 104 valence electrons. The molecule has 0 aromatic heterocycles. The normalized spacial score (nSPS) is 22.3. The van der Waals surface area contributed by atoms with E-state index in [0.29, 0.717) is 25.9 Å². The predicted molar refractivity (Wildman–Crippen MR) is 78.8 cm³/mol. The molecule has 0 bridgehead atoms. The van der Waals surface area contributed by atoms with E-state index in [4.69, 9.17) is 0 Å². The van der Waals surface area contributed by atoms with Gasteiger partial charge in [-0.15, -0.1) is 0 Å². The Labute approximate surface area is 122 Å². The molecule has 4 heteroatoms. The molecule has 1 atom stereocenters. The number of halogens is 1. The summed E-state index contributed by atoms with van der Waals surface area (Å²) in [6.07, 6.45) is 0.769. The zero-order chi connectivity index (χ0) is 14.0. The van der Waals surface area contributed by atoms with E-state index in [1.54, 1.807) is 0 Å². The number of aliphatic hydroxyl groups excluding tert-OH is 1. The van der Waals surface area contributed by atoms with Crippen molar-refractivity contribution in [3.05, 3.63) is 34.3 Å². The van der Waals surface area contributed by atoms with Gasteiger partial charge in [0.2, 0.25) is 5.91 Å². The Morgan fingerprint density at radius 1 is 1.53 bits per heavy atom. The zero-order valence-corrected chi connectivity index (χ0v) is 13.0. The van der Waals surface area contributed by atoms with Crippen molar-refractivity contribution in [3.8, 4) is 0 Å². The quantitative estimate of drug-likeness (QED) is 0.908. The summed E-state index contributed by atoms with van der Waals surface area (Å²) in [6, 6.07) is 7.83. The summed E-state index contributed by atoms with van der Waals surface area (Å²) in [6.45, 7) is 5.30. The minimum absolute atomic E-state index is 0.137. The van der Waals surface area contributed by atoms with E-state index in [1.807, 2.05) is 43.0 Å². The van der Waals surface area contributed by atoms with Gasteiger partial charge >= 0.3 is 0 Å². The van der Waals surface area contributed by atoms with E-state index >= 15 is 0 Å². The highest BCUT2D eigenvalue weighted by Crippen LogP contribution is 2.29. The average molecular weight is 326 g/mol. The van der Waals surface area contributed by atoms with Crippen molar-refractivity contribution in [2.24, 2.45) is 5.41 Å². The maximum absolute atomic E-state index is 12.3. The van der Waals surface area contributed by atoms with Crippen molar-refractivity contribution in [3.63, 3.8) is 0 Å². The van der Waals surface area contributed by atoms with Gasteiger partial charge < -0.3 is 10.0 Å². The van der Waals surface area contributed by atoms with Crippen molar-refractivity contribution in [2.45, 2.75) is 32.8 Å². The fourth-order valence-electron chi connectivity index (χ4n) is 2.49. The van der Waals surface area contributed by atoms with Gasteiger partial charge in [-0.2, -0.15) is 0 Å². The Morgan fingerprint density at radius 3 is 2.89 bits per heavy atom. The van der Waals surface area contributed by atoms with Gasteiger partial charge in [-0.1, -0.05) is 41.9 Å². The molecule has 0 aliphatic carbocycles. The van der Waals surface area contributed by atoms with Crippen molar-refractivity contribution >= 4 is 21.8 Å². The molecule has 1 heterocycles. The van der Waals surface area contributed by atoms with Gasteiger partial charge in [0, 0.05) is 23.0 Å². The van der Waals surface area contributed by atoms with E-state index in [1.165, 1.54) is 0 Å². The Hall–Kier alpha value is -0.870. The van der Waals surface area contributed by atoms with Crippen LogP contribution >= 0.6 is 15.9 Å². The van der Waals surface area contributed by atoms with Crippen molar-refractivity contribution in [2.75, 3.05) is 13.1 Å². The van der Waals surface area contributed by atoms with Crippen LogP contribution in [-0.4, -0.2) is 35.1 Å². The fourth-order valence-corrected chi connectivity index (χ4v) is 2.94. The summed E-state index contributed by atoms with van der Waals surface area (Å²) in [7, 11) is 0. The monoisotopic (exact) mass is 325 g/mol. The summed E-state index contributed by atoms with van der Waals surface area (Å²) in [5.41, 5.74) is 0.800. The highest BCUT2D eigenvalue weighted by molar-refractivity contribution is 9.10. The van der Waals surface area contributed by atoms with Crippen LogP contribution in [0.15, 0.2) is 28.7 Å². The van der Waals surface area contributed by atoms with E-state index < -0.39 is 0 Å². The number of aliphatic hydroxyl groups is 1. The van der Waals surface area contributed by atoms with Crippen LogP contribution in [0.2, 0.25) is 0 Å². The highest BCUT2D eigenvalue weighted by Gasteiger charge is 2.36. The molecule has 0 spiro atoms. The lowest BCUT2D eigenvalue weighted by Gasteiger charge is -2.41. The van der Waals surface area contributed by atoms with Gasteiger partial charge in [-0.05, 0) is 24.1 Å². The molecule has 2 rings (SSSR count). The number of hydrogen-bond donors (Lipinski definition) is 1. The van der Waals surface area contributed by atoms with Crippen LogP contribution in [0.1, 0.15) is 25.8 Å². The molecule has 1 aliphatic rings. The van der Waals surface area contributed by atoms with Gasteiger partial charge in [-0.3, -0.25) is 4.79 Å². The molecule has 0 radical (unpaired) electrons. The topological polar surface area (TPSA) is 40.5 Å². The molecule has 1 unspecified atom stereocenters. The van der Waals surface area contributed by atoms with Gasteiger partial charge in [0.1, 0.15) is 0 Å². The molecule has 3 nitrogen and oxygen atoms in total. The molecular weight excluding hydrogens is 306 g/mol. The Balaban J connectivity index is 2.01. The maximum Gasteiger partial charge on any atom is 0.227 e. The molecule has 1 saturated heterocycles. The van der Waals surface area contributed by atoms with Crippen molar-refractivity contribution in [1.29, 1.82) is 0 Å². The molecular formula is C15H20BrNO2. The summed E-state index contributed by atoms with van der Waals surface area (Å²) in [5.74, 6) is 0.137. The minimum atomic E-state index is -0.317. The first kappa shape index (κ1) is 14.5. The number of nitrogens with zero attached hydrogens (tertiary/aromatic N) is 1. The lowest BCUT2D eigenvalue weighted by molar-refractivity contribution is -0.137. The second kappa shape index (κ2) is 5.63. The molecule has 1 fully saturated rings. The van der Waals surface area contributed by atoms with Gasteiger partial charge in [0.25, 0.3) is 0 Å². The molecule has 1 amide bonds. The van der Waals surface area contributed by atoms with Crippen LogP contribution in [0.25, 0.3) is 0 Å². The smallest absolute Gasteiger partial charge is 0.227 e.